The second-order valence-electron chi connectivity index (χ2n) is 3.33. The van der Waals surface area contributed by atoms with Gasteiger partial charge >= 0.3 is 5.69 Å². The van der Waals surface area contributed by atoms with Gasteiger partial charge in [-0.05, 0) is 13.8 Å². The van der Waals surface area contributed by atoms with E-state index in [4.69, 9.17) is 0 Å². The van der Waals surface area contributed by atoms with Gasteiger partial charge in [-0.3, -0.25) is 10.1 Å². The molecule has 0 bridgehead atoms. The average Bonchev–Trinajstić information content (AvgIpc) is 2.41. The summed E-state index contributed by atoms with van der Waals surface area (Å²) in [7, 11) is 1.66. The van der Waals surface area contributed by atoms with Crippen LogP contribution < -0.4 is 5.32 Å². The fourth-order valence-corrected chi connectivity index (χ4v) is 1.30. The van der Waals surface area contributed by atoms with E-state index < -0.39 is 4.92 Å². The largest absolute Gasteiger partial charge is 0.359 e. The SMILES string of the molecule is C=CC(C)Nc1c([N+](=O)[O-])c(C)nn1C. The summed E-state index contributed by atoms with van der Waals surface area (Å²) in [6, 6.07) is -0.0431. The predicted octanol–water partition coefficient (Wildman–Crippen LogP) is 1.62. The molecule has 0 aromatic carbocycles. The van der Waals surface area contributed by atoms with Crippen LogP contribution >= 0.6 is 0 Å². The van der Waals surface area contributed by atoms with Gasteiger partial charge < -0.3 is 5.32 Å². The van der Waals surface area contributed by atoms with E-state index in [0.717, 1.165) is 0 Å². The quantitative estimate of drug-likeness (QED) is 0.465. The van der Waals surface area contributed by atoms with Crippen LogP contribution in [-0.4, -0.2) is 20.7 Å². The van der Waals surface area contributed by atoms with Crippen molar-refractivity contribution in [3.05, 3.63) is 28.5 Å². The summed E-state index contributed by atoms with van der Waals surface area (Å²) >= 11 is 0. The normalized spacial score (nSPS) is 12.2. The minimum atomic E-state index is -0.430. The van der Waals surface area contributed by atoms with Crippen LogP contribution in [0.15, 0.2) is 12.7 Å². The maximum Gasteiger partial charge on any atom is 0.333 e. The zero-order valence-corrected chi connectivity index (χ0v) is 9.02. The van der Waals surface area contributed by atoms with Gasteiger partial charge in [0, 0.05) is 13.1 Å². The number of aryl methyl sites for hydroxylation is 2. The van der Waals surface area contributed by atoms with E-state index in [1.54, 1.807) is 20.0 Å². The van der Waals surface area contributed by atoms with Gasteiger partial charge in [-0.25, -0.2) is 4.68 Å². The summed E-state index contributed by atoms with van der Waals surface area (Å²) in [6.07, 6.45) is 1.67. The molecule has 1 N–H and O–H groups in total. The molecule has 1 atom stereocenters. The molecule has 1 aromatic heterocycles. The summed E-state index contributed by atoms with van der Waals surface area (Å²) in [5.74, 6) is 0.407. The molecule has 82 valence electrons. The van der Waals surface area contributed by atoms with Crippen molar-refractivity contribution in [2.45, 2.75) is 19.9 Å². The third kappa shape index (κ3) is 2.15. The molecular formula is C9H14N4O2. The summed E-state index contributed by atoms with van der Waals surface area (Å²) in [5.41, 5.74) is 0.424. The summed E-state index contributed by atoms with van der Waals surface area (Å²) in [6.45, 7) is 7.08. The molecule has 1 rings (SSSR count). The number of nitrogens with one attached hydrogen (secondary N) is 1. The number of aromatic nitrogens is 2. The fourth-order valence-electron chi connectivity index (χ4n) is 1.30. The lowest BCUT2D eigenvalue weighted by molar-refractivity contribution is -0.384. The molecule has 6 heteroatoms. The average molecular weight is 210 g/mol. The van der Waals surface area contributed by atoms with Crippen molar-refractivity contribution in [3.8, 4) is 0 Å². The molecular weight excluding hydrogens is 196 g/mol. The Kier molecular flexibility index (Phi) is 3.08. The van der Waals surface area contributed by atoms with Crippen molar-refractivity contribution in [1.29, 1.82) is 0 Å². The molecule has 0 aliphatic heterocycles. The standard InChI is InChI=1S/C9H14N4O2/c1-5-6(2)10-9-8(13(14)15)7(3)11-12(9)4/h5-6,10H,1H2,2-4H3. The van der Waals surface area contributed by atoms with Gasteiger partial charge in [0.05, 0.1) is 4.92 Å². The van der Waals surface area contributed by atoms with Crippen LogP contribution in [0.2, 0.25) is 0 Å². The van der Waals surface area contributed by atoms with Crippen LogP contribution in [0.1, 0.15) is 12.6 Å². The number of hydrogen-bond donors (Lipinski definition) is 1. The first-order chi connectivity index (χ1) is 6.97. The van der Waals surface area contributed by atoms with Gasteiger partial charge in [0.15, 0.2) is 0 Å². The fraction of sp³-hybridized carbons (Fsp3) is 0.444. The highest BCUT2D eigenvalue weighted by Crippen LogP contribution is 2.27. The van der Waals surface area contributed by atoms with Gasteiger partial charge in [0.2, 0.25) is 5.82 Å². The number of rotatable bonds is 4. The highest BCUT2D eigenvalue weighted by molar-refractivity contribution is 5.60. The maximum atomic E-state index is 10.8. The Morgan fingerprint density at radius 2 is 2.33 bits per heavy atom. The highest BCUT2D eigenvalue weighted by atomic mass is 16.6. The lowest BCUT2D eigenvalue weighted by atomic mass is 10.3. The Morgan fingerprint density at radius 1 is 1.73 bits per heavy atom. The number of nitro groups is 1. The molecule has 15 heavy (non-hydrogen) atoms. The van der Waals surface area contributed by atoms with Crippen LogP contribution in [0, 0.1) is 17.0 Å². The molecule has 0 saturated heterocycles. The molecule has 0 saturated carbocycles. The summed E-state index contributed by atoms with van der Waals surface area (Å²) in [4.78, 5) is 10.4. The Bertz CT molecular complexity index is 397. The molecule has 0 aliphatic carbocycles. The molecule has 1 unspecified atom stereocenters. The van der Waals surface area contributed by atoms with Crippen LogP contribution in [-0.2, 0) is 7.05 Å². The van der Waals surface area contributed by atoms with Gasteiger partial charge in [-0.15, -0.1) is 6.58 Å². The molecule has 0 amide bonds. The number of hydrogen-bond acceptors (Lipinski definition) is 4. The Morgan fingerprint density at radius 3 is 2.80 bits per heavy atom. The zero-order chi connectivity index (χ0) is 11.6. The van der Waals surface area contributed by atoms with E-state index in [-0.39, 0.29) is 11.7 Å². The van der Waals surface area contributed by atoms with Gasteiger partial charge in [-0.1, -0.05) is 6.08 Å². The van der Waals surface area contributed by atoms with Crippen molar-refractivity contribution in [2.24, 2.45) is 7.05 Å². The third-order valence-electron chi connectivity index (χ3n) is 2.09. The first-order valence-corrected chi connectivity index (χ1v) is 4.54. The van der Waals surface area contributed by atoms with E-state index in [1.807, 2.05) is 6.92 Å². The van der Waals surface area contributed by atoms with E-state index in [1.165, 1.54) is 4.68 Å². The first kappa shape index (κ1) is 11.2. The minimum absolute atomic E-state index is 0.0196. The van der Waals surface area contributed by atoms with E-state index in [9.17, 15) is 10.1 Å². The van der Waals surface area contributed by atoms with Crippen molar-refractivity contribution >= 4 is 11.5 Å². The topological polar surface area (TPSA) is 73.0 Å². The smallest absolute Gasteiger partial charge is 0.333 e. The second kappa shape index (κ2) is 4.12. The van der Waals surface area contributed by atoms with Crippen molar-refractivity contribution in [3.63, 3.8) is 0 Å². The van der Waals surface area contributed by atoms with E-state index in [0.29, 0.717) is 11.5 Å². The Balaban J connectivity index is 3.14. The lowest BCUT2D eigenvalue weighted by Crippen LogP contribution is -2.15. The van der Waals surface area contributed by atoms with Crippen LogP contribution in [0.25, 0.3) is 0 Å². The zero-order valence-electron chi connectivity index (χ0n) is 9.02. The van der Waals surface area contributed by atoms with Crippen molar-refractivity contribution in [1.82, 2.24) is 9.78 Å². The lowest BCUT2D eigenvalue weighted by Gasteiger charge is -2.09. The van der Waals surface area contributed by atoms with Crippen molar-refractivity contribution < 1.29 is 4.92 Å². The van der Waals surface area contributed by atoms with Gasteiger partial charge in [-0.2, -0.15) is 5.10 Å². The summed E-state index contributed by atoms with van der Waals surface area (Å²) in [5, 5.41) is 17.8. The molecule has 0 radical (unpaired) electrons. The molecule has 0 aliphatic rings. The minimum Gasteiger partial charge on any atom is -0.359 e. The molecule has 1 heterocycles. The predicted molar refractivity (Wildman–Crippen MR) is 57.9 cm³/mol. The highest BCUT2D eigenvalue weighted by Gasteiger charge is 2.24. The van der Waals surface area contributed by atoms with Crippen LogP contribution in [0.4, 0.5) is 11.5 Å². The Hall–Kier alpha value is -1.85. The van der Waals surface area contributed by atoms with Gasteiger partial charge in [0.25, 0.3) is 0 Å². The number of anilines is 1. The third-order valence-corrected chi connectivity index (χ3v) is 2.09. The molecule has 0 fully saturated rings. The first-order valence-electron chi connectivity index (χ1n) is 4.54. The molecule has 0 spiro atoms. The monoisotopic (exact) mass is 210 g/mol. The molecule has 6 nitrogen and oxygen atoms in total. The van der Waals surface area contributed by atoms with E-state index in [2.05, 4.69) is 17.0 Å². The molecule has 1 aromatic rings. The maximum absolute atomic E-state index is 10.8. The Labute approximate surface area is 87.7 Å². The van der Waals surface area contributed by atoms with Crippen molar-refractivity contribution in [2.75, 3.05) is 5.32 Å². The van der Waals surface area contributed by atoms with Gasteiger partial charge in [0.1, 0.15) is 5.69 Å². The second-order valence-corrected chi connectivity index (χ2v) is 3.33. The van der Waals surface area contributed by atoms with Crippen LogP contribution in [0.5, 0.6) is 0 Å². The van der Waals surface area contributed by atoms with E-state index >= 15 is 0 Å². The summed E-state index contributed by atoms with van der Waals surface area (Å²) < 4.78 is 1.47. The van der Waals surface area contributed by atoms with Crippen LogP contribution in [0.3, 0.4) is 0 Å². The number of nitrogens with zero attached hydrogens (tertiary/aromatic N) is 3.